The molecule has 0 heterocycles. The topological polar surface area (TPSA) is 107 Å². The lowest BCUT2D eigenvalue weighted by atomic mass is 10.6. The van der Waals surface area contributed by atoms with Crippen molar-refractivity contribution in [2.45, 2.75) is 0 Å². The highest BCUT2D eigenvalue weighted by Gasteiger charge is 2.17. The van der Waals surface area contributed by atoms with Crippen LogP contribution in [0.2, 0.25) is 0 Å². The van der Waals surface area contributed by atoms with E-state index in [1.165, 1.54) is 14.2 Å². The van der Waals surface area contributed by atoms with Crippen LogP contribution in [-0.2, 0) is 9.47 Å². The zero-order valence-corrected chi connectivity index (χ0v) is 9.38. The first-order valence-corrected chi connectivity index (χ1v) is 4.59. The number of azo groups is 1. The van der Waals surface area contributed by atoms with Crippen LogP contribution in [0.25, 0.3) is 0 Å². The van der Waals surface area contributed by atoms with E-state index >= 15 is 0 Å². The van der Waals surface area contributed by atoms with E-state index in [1.54, 1.807) is 0 Å². The molecule has 4 amide bonds. The second-order valence-corrected chi connectivity index (χ2v) is 2.72. The van der Waals surface area contributed by atoms with Gasteiger partial charge in [0.25, 0.3) is 0 Å². The van der Waals surface area contributed by atoms with Crippen LogP contribution in [0, 0.1) is 0 Å². The van der Waals surface area contributed by atoms with Crippen molar-refractivity contribution in [3.05, 3.63) is 0 Å². The minimum atomic E-state index is -0.882. The summed E-state index contributed by atoms with van der Waals surface area (Å²) in [6.45, 7) is 0.848. The Morgan fingerprint density at radius 3 is 2.38 bits per heavy atom. The molecule has 0 rings (SSSR count). The van der Waals surface area contributed by atoms with Gasteiger partial charge >= 0.3 is 12.1 Å². The molecule has 0 aliphatic heterocycles. The number of methoxy groups -OCH3 is 2. The summed E-state index contributed by atoms with van der Waals surface area (Å²) in [5.74, 6) is 0. The second kappa shape index (κ2) is 8.74. The van der Waals surface area contributed by atoms with E-state index in [2.05, 4.69) is 10.2 Å². The Kier molecular flexibility index (Phi) is 7.90. The van der Waals surface area contributed by atoms with Crippen molar-refractivity contribution in [3.63, 3.8) is 0 Å². The van der Waals surface area contributed by atoms with E-state index in [4.69, 9.17) is 15.2 Å². The minimum absolute atomic E-state index is 0.0496. The number of nitrogens with two attached hydrogens (primary N) is 1. The van der Waals surface area contributed by atoms with Gasteiger partial charge in [0.15, 0.2) is 0 Å². The van der Waals surface area contributed by atoms with Gasteiger partial charge in [-0.05, 0) is 0 Å². The Bertz CT molecular complexity index is 256. The number of urea groups is 2. The van der Waals surface area contributed by atoms with E-state index in [9.17, 15) is 9.59 Å². The molecule has 0 aliphatic rings. The van der Waals surface area contributed by atoms with E-state index in [1.807, 2.05) is 0 Å². The van der Waals surface area contributed by atoms with Crippen LogP contribution >= 0.6 is 0 Å². The molecule has 0 radical (unpaired) electrons. The summed E-state index contributed by atoms with van der Waals surface area (Å²) in [4.78, 5) is 23.0. The largest absolute Gasteiger partial charge is 0.383 e. The fourth-order valence-corrected chi connectivity index (χ4v) is 0.779. The smallest absolute Gasteiger partial charge is 0.370 e. The number of carbonyl (C=O) groups excluding carboxylic acids is 2. The highest BCUT2D eigenvalue weighted by molar-refractivity contribution is 5.92. The predicted molar refractivity (Wildman–Crippen MR) is 55.2 cm³/mol. The molecule has 0 aliphatic carbocycles. The average Bonchev–Trinajstić information content (AvgIpc) is 2.24. The molecule has 8 nitrogen and oxygen atoms in total. The maximum absolute atomic E-state index is 11.3. The van der Waals surface area contributed by atoms with E-state index in [0.29, 0.717) is 6.61 Å². The van der Waals surface area contributed by atoms with E-state index in [-0.39, 0.29) is 19.7 Å². The molecular weight excluding hydrogens is 216 g/mol. The zero-order chi connectivity index (χ0) is 12.4. The van der Waals surface area contributed by atoms with Gasteiger partial charge in [0.1, 0.15) is 0 Å². The Morgan fingerprint density at radius 2 is 1.88 bits per heavy atom. The van der Waals surface area contributed by atoms with Crippen molar-refractivity contribution < 1.29 is 19.1 Å². The van der Waals surface area contributed by atoms with Crippen molar-refractivity contribution in [1.29, 1.82) is 0 Å². The molecule has 0 fully saturated rings. The normalized spacial score (nSPS) is 10.6. The number of nitrogens with zero attached hydrogens (tertiary/aromatic N) is 3. The van der Waals surface area contributed by atoms with Gasteiger partial charge in [0.05, 0.1) is 26.3 Å². The first kappa shape index (κ1) is 14.5. The molecule has 0 aromatic rings. The number of hydrogen-bond acceptors (Lipinski definition) is 5. The van der Waals surface area contributed by atoms with E-state index < -0.39 is 12.1 Å². The molecule has 0 bridgehead atoms. The second-order valence-electron chi connectivity index (χ2n) is 2.72. The van der Waals surface area contributed by atoms with Crippen molar-refractivity contribution >= 4 is 12.1 Å². The molecular formula is C8H16N4O4. The molecule has 0 unspecified atom stereocenters. The standard InChI is InChI=1S/C8H16N4O4/c1-15-5-3-10-11-8(14)12(7(9)13)4-6-16-2/h3-6H2,1-2H3,(H2,9,13). The summed E-state index contributed by atoms with van der Waals surface area (Å²) in [7, 11) is 2.95. The van der Waals surface area contributed by atoms with Gasteiger partial charge in [-0.3, -0.25) is 0 Å². The molecule has 0 aromatic carbocycles. The van der Waals surface area contributed by atoms with Crippen LogP contribution in [0.4, 0.5) is 9.59 Å². The third-order valence-corrected chi connectivity index (χ3v) is 1.57. The number of imide groups is 1. The van der Waals surface area contributed by atoms with Crippen LogP contribution in [-0.4, -0.2) is 57.5 Å². The van der Waals surface area contributed by atoms with Crippen LogP contribution in [0.15, 0.2) is 10.2 Å². The SMILES string of the molecule is COCCN=NC(=O)N(CCOC)C(N)=O. The number of hydrogen-bond donors (Lipinski definition) is 1. The summed E-state index contributed by atoms with van der Waals surface area (Å²) < 4.78 is 9.43. The van der Waals surface area contributed by atoms with Gasteiger partial charge in [0, 0.05) is 14.2 Å². The molecule has 0 spiro atoms. The quantitative estimate of drug-likeness (QED) is 0.522. The molecule has 0 atom stereocenters. The van der Waals surface area contributed by atoms with Crippen LogP contribution in [0.5, 0.6) is 0 Å². The highest BCUT2D eigenvalue weighted by atomic mass is 16.5. The van der Waals surface area contributed by atoms with Gasteiger partial charge in [-0.2, -0.15) is 5.11 Å². The summed E-state index contributed by atoms with van der Waals surface area (Å²) in [6.07, 6.45) is 0. The Morgan fingerprint density at radius 1 is 1.25 bits per heavy atom. The average molecular weight is 232 g/mol. The third kappa shape index (κ3) is 6.04. The van der Waals surface area contributed by atoms with Crippen molar-refractivity contribution in [2.24, 2.45) is 16.0 Å². The Hall–Kier alpha value is -1.54. The Balaban J connectivity index is 4.16. The van der Waals surface area contributed by atoms with Crippen LogP contribution in [0.1, 0.15) is 0 Å². The molecule has 0 saturated carbocycles. The number of carbonyl (C=O) groups is 2. The van der Waals surface area contributed by atoms with E-state index in [0.717, 1.165) is 4.90 Å². The van der Waals surface area contributed by atoms with Crippen molar-refractivity contribution in [2.75, 3.05) is 40.5 Å². The maximum Gasteiger partial charge on any atom is 0.370 e. The molecule has 0 aromatic heterocycles. The first-order chi connectivity index (χ1) is 7.63. The first-order valence-electron chi connectivity index (χ1n) is 4.59. The highest BCUT2D eigenvalue weighted by Crippen LogP contribution is 1.94. The van der Waals surface area contributed by atoms with Crippen molar-refractivity contribution in [3.8, 4) is 0 Å². The lowest BCUT2D eigenvalue weighted by Crippen LogP contribution is -2.41. The number of primary amides is 1. The van der Waals surface area contributed by atoms with Gasteiger partial charge in [0.2, 0.25) is 0 Å². The summed E-state index contributed by atoms with van der Waals surface area (Å²) in [6, 6.07) is -1.69. The lowest BCUT2D eigenvalue weighted by Gasteiger charge is -2.13. The van der Waals surface area contributed by atoms with Crippen molar-refractivity contribution in [1.82, 2.24) is 4.90 Å². The number of amides is 4. The maximum atomic E-state index is 11.3. The zero-order valence-electron chi connectivity index (χ0n) is 9.38. The molecule has 8 heteroatoms. The van der Waals surface area contributed by atoms with Gasteiger partial charge in [-0.1, -0.05) is 5.11 Å². The molecule has 2 N–H and O–H groups in total. The Labute approximate surface area is 93.4 Å². The lowest BCUT2D eigenvalue weighted by molar-refractivity contribution is 0.156. The number of rotatable bonds is 6. The number of ether oxygens (including phenoxy) is 2. The van der Waals surface area contributed by atoms with Gasteiger partial charge in [-0.25, -0.2) is 14.5 Å². The molecule has 16 heavy (non-hydrogen) atoms. The predicted octanol–water partition coefficient (Wildman–Crippen LogP) is 0.232. The fraction of sp³-hybridized carbons (Fsp3) is 0.750. The molecule has 92 valence electrons. The molecule has 0 saturated heterocycles. The summed E-state index contributed by atoms with van der Waals surface area (Å²) in [5, 5.41) is 6.84. The minimum Gasteiger partial charge on any atom is -0.383 e. The van der Waals surface area contributed by atoms with Crippen LogP contribution < -0.4 is 5.73 Å². The summed E-state index contributed by atoms with van der Waals surface area (Å²) in [5.41, 5.74) is 4.99. The fourth-order valence-electron chi connectivity index (χ4n) is 0.779. The monoisotopic (exact) mass is 232 g/mol. The van der Waals surface area contributed by atoms with Gasteiger partial charge in [-0.15, -0.1) is 0 Å². The third-order valence-electron chi connectivity index (χ3n) is 1.57. The van der Waals surface area contributed by atoms with Crippen LogP contribution in [0.3, 0.4) is 0 Å². The summed E-state index contributed by atoms with van der Waals surface area (Å²) >= 11 is 0. The van der Waals surface area contributed by atoms with Gasteiger partial charge < -0.3 is 15.2 Å².